The largest absolute Gasteiger partial charge is 0.490 e. The van der Waals surface area contributed by atoms with Crippen molar-refractivity contribution in [3.63, 3.8) is 0 Å². The number of fused-ring (bicyclic) bond motifs is 1. The molecule has 1 atom stereocenters. The average Bonchev–Trinajstić information content (AvgIpc) is 3.39. The highest BCUT2D eigenvalue weighted by atomic mass is 16.6. The number of rotatable bonds is 3. The molecule has 106 valence electrons. The summed E-state index contributed by atoms with van der Waals surface area (Å²) in [5, 5.41) is 2.38. The molecule has 0 radical (unpaired) electrons. The highest BCUT2D eigenvalue weighted by molar-refractivity contribution is 5.88. The number of benzene rings is 2. The second-order valence-corrected chi connectivity index (χ2v) is 4.54. The van der Waals surface area contributed by atoms with Crippen LogP contribution in [-0.2, 0) is 4.74 Å². The van der Waals surface area contributed by atoms with Crippen LogP contribution in [0.1, 0.15) is 0 Å². The first-order valence-electron chi connectivity index (χ1n) is 6.70. The Morgan fingerprint density at radius 2 is 1.62 bits per heavy atom. The minimum Gasteiger partial charge on any atom is -0.490 e. The van der Waals surface area contributed by atoms with E-state index in [9.17, 15) is 0 Å². The minimum absolute atomic E-state index is 0.309. The quantitative estimate of drug-likeness (QED) is 0.690. The van der Waals surface area contributed by atoms with Crippen molar-refractivity contribution < 1.29 is 9.47 Å². The zero-order valence-electron chi connectivity index (χ0n) is 11.4. The lowest BCUT2D eigenvalue weighted by molar-refractivity contribution is 0.265. The predicted octanol–water partition coefficient (Wildman–Crippen LogP) is 2.49. The molecule has 0 bridgehead atoms. The van der Waals surface area contributed by atoms with Gasteiger partial charge >= 0.3 is 0 Å². The van der Waals surface area contributed by atoms with Gasteiger partial charge in [0.2, 0.25) is 0 Å². The maximum Gasteiger partial charge on any atom is 0.127 e. The Balaban J connectivity index is 0.000000186. The molecule has 1 aliphatic heterocycles. The highest BCUT2D eigenvalue weighted by Crippen LogP contribution is 2.25. The van der Waals surface area contributed by atoms with E-state index in [1.165, 1.54) is 29.8 Å². The summed E-state index contributed by atoms with van der Waals surface area (Å²) in [6, 6.07) is 14.4. The number of epoxide rings is 1. The maximum absolute atomic E-state index is 5.72. The first-order valence-corrected chi connectivity index (χ1v) is 6.70. The van der Waals surface area contributed by atoms with E-state index in [0.29, 0.717) is 12.7 Å². The van der Waals surface area contributed by atoms with Gasteiger partial charge in [0.25, 0.3) is 0 Å². The summed E-state index contributed by atoms with van der Waals surface area (Å²) in [4.78, 5) is 10.7. The second-order valence-electron chi connectivity index (χ2n) is 4.54. The summed E-state index contributed by atoms with van der Waals surface area (Å²) < 4.78 is 10.8. The van der Waals surface area contributed by atoms with E-state index in [1.807, 2.05) is 24.3 Å². The van der Waals surface area contributed by atoms with E-state index in [1.54, 1.807) is 0 Å². The maximum atomic E-state index is 5.72. The number of aromatic nitrogens is 3. The van der Waals surface area contributed by atoms with Crippen molar-refractivity contribution in [3.8, 4) is 5.75 Å². The molecule has 1 unspecified atom stereocenters. The van der Waals surface area contributed by atoms with Crippen molar-refractivity contribution in [2.75, 3.05) is 13.2 Å². The molecule has 0 N–H and O–H groups in total. The summed E-state index contributed by atoms with van der Waals surface area (Å²) >= 11 is 0. The highest BCUT2D eigenvalue weighted by Gasteiger charge is 2.23. The van der Waals surface area contributed by atoms with Gasteiger partial charge in [-0.2, -0.15) is 0 Å². The summed E-state index contributed by atoms with van der Waals surface area (Å²) in [6.45, 7) is 1.50. The molecule has 0 saturated carbocycles. The number of ether oxygens (including phenoxy) is 2. The molecular weight excluding hydrogens is 266 g/mol. The normalized spacial score (nSPS) is 15.9. The lowest BCUT2D eigenvalue weighted by Gasteiger charge is -2.07. The number of hydrogen-bond acceptors (Lipinski definition) is 5. The van der Waals surface area contributed by atoms with Gasteiger partial charge in [0.1, 0.15) is 37.4 Å². The summed E-state index contributed by atoms with van der Waals surface area (Å²) in [7, 11) is 0. The third kappa shape index (κ3) is 3.97. The Morgan fingerprint density at radius 1 is 0.952 bits per heavy atom. The van der Waals surface area contributed by atoms with E-state index in [-0.39, 0.29) is 0 Å². The van der Waals surface area contributed by atoms with Gasteiger partial charge in [-0.25, -0.2) is 15.0 Å². The Morgan fingerprint density at radius 3 is 2.29 bits per heavy atom. The molecule has 0 aliphatic carbocycles. The molecular formula is C16H15N3O2. The molecule has 4 rings (SSSR count). The van der Waals surface area contributed by atoms with Crippen LogP contribution >= 0.6 is 0 Å². The minimum atomic E-state index is 0.309. The number of hydrogen-bond donors (Lipinski definition) is 0. The molecule has 3 aromatic rings. The van der Waals surface area contributed by atoms with Crippen molar-refractivity contribution in [2.24, 2.45) is 0 Å². The van der Waals surface area contributed by atoms with Gasteiger partial charge in [-0.3, -0.25) is 0 Å². The summed E-state index contributed by atoms with van der Waals surface area (Å²) in [5.74, 6) is 0.948. The van der Waals surface area contributed by atoms with Gasteiger partial charge in [-0.15, -0.1) is 0 Å². The van der Waals surface area contributed by atoms with Crippen LogP contribution in [0.25, 0.3) is 10.8 Å². The zero-order chi connectivity index (χ0) is 14.3. The smallest absolute Gasteiger partial charge is 0.127 e. The van der Waals surface area contributed by atoms with Crippen molar-refractivity contribution in [2.45, 2.75) is 6.10 Å². The van der Waals surface area contributed by atoms with Gasteiger partial charge in [-0.1, -0.05) is 36.4 Å². The summed E-state index contributed by atoms with van der Waals surface area (Å²) in [5.41, 5.74) is 0. The number of nitrogens with zero attached hydrogens (tertiary/aromatic N) is 3. The molecule has 1 fully saturated rings. The van der Waals surface area contributed by atoms with E-state index in [2.05, 4.69) is 33.2 Å². The molecule has 0 amide bonds. The van der Waals surface area contributed by atoms with E-state index >= 15 is 0 Å². The summed E-state index contributed by atoms with van der Waals surface area (Å²) in [6.07, 6.45) is 4.62. The van der Waals surface area contributed by atoms with Crippen LogP contribution in [0.15, 0.2) is 61.4 Å². The molecule has 1 aromatic heterocycles. The third-order valence-electron chi connectivity index (χ3n) is 2.98. The Kier molecular flexibility index (Phi) is 4.33. The van der Waals surface area contributed by atoms with Crippen molar-refractivity contribution >= 4 is 10.8 Å². The molecule has 1 saturated heterocycles. The lowest BCUT2D eigenvalue weighted by Crippen LogP contribution is -2.04. The average molecular weight is 281 g/mol. The molecule has 0 spiro atoms. The first-order chi connectivity index (χ1) is 10.4. The van der Waals surface area contributed by atoms with Crippen LogP contribution in [0.5, 0.6) is 5.75 Å². The van der Waals surface area contributed by atoms with Gasteiger partial charge in [0, 0.05) is 5.39 Å². The molecule has 5 heteroatoms. The lowest BCUT2D eigenvalue weighted by atomic mass is 10.1. The SMILES string of the molecule is c1ccc2c(OCC3CO3)cccc2c1.c1ncncn1. The van der Waals surface area contributed by atoms with Gasteiger partial charge in [-0.05, 0) is 11.5 Å². The predicted molar refractivity (Wildman–Crippen MR) is 79.0 cm³/mol. The fourth-order valence-electron chi connectivity index (χ4n) is 1.87. The topological polar surface area (TPSA) is 60.4 Å². The Hall–Kier alpha value is -2.53. The monoisotopic (exact) mass is 281 g/mol. The molecule has 21 heavy (non-hydrogen) atoms. The molecule has 5 nitrogen and oxygen atoms in total. The van der Waals surface area contributed by atoms with E-state index < -0.39 is 0 Å². The van der Waals surface area contributed by atoms with Crippen molar-refractivity contribution in [1.82, 2.24) is 15.0 Å². The van der Waals surface area contributed by atoms with E-state index in [0.717, 1.165) is 12.4 Å². The molecule has 2 aromatic carbocycles. The van der Waals surface area contributed by atoms with Gasteiger partial charge in [0.15, 0.2) is 0 Å². The Bertz CT molecular complexity index is 655. The van der Waals surface area contributed by atoms with Crippen LogP contribution < -0.4 is 4.74 Å². The van der Waals surface area contributed by atoms with Crippen LogP contribution in [0.4, 0.5) is 0 Å². The Labute approximate surface area is 122 Å². The second kappa shape index (κ2) is 6.76. The van der Waals surface area contributed by atoms with E-state index in [4.69, 9.17) is 9.47 Å². The van der Waals surface area contributed by atoms with Crippen LogP contribution in [-0.4, -0.2) is 34.3 Å². The molecule has 1 aliphatic rings. The fraction of sp³-hybridized carbons (Fsp3) is 0.188. The van der Waals surface area contributed by atoms with Gasteiger partial charge in [0.05, 0.1) is 6.61 Å². The van der Waals surface area contributed by atoms with Crippen molar-refractivity contribution in [1.29, 1.82) is 0 Å². The van der Waals surface area contributed by atoms with Gasteiger partial charge < -0.3 is 9.47 Å². The third-order valence-corrected chi connectivity index (χ3v) is 2.98. The fourth-order valence-corrected chi connectivity index (χ4v) is 1.87. The van der Waals surface area contributed by atoms with Crippen LogP contribution in [0, 0.1) is 0 Å². The van der Waals surface area contributed by atoms with Crippen molar-refractivity contribution in [3.05, 3.63) is 61.4 Å². The first kappa shape index (κ1) is 13.5. The van der Waals surface area contributed by atoms with Crippen LogP contribution in [0.3, 0.4) is 0 Å². The van der Waals surface area contributed by atoms with Crippen LogP contribution in [0.2, 0.25) is 0 Å². The molecule has 2 heterocycles. The standard InChI is InChI=1S/C13H12O2.C3H3N3/c1-2-6-12-10(4-1)5-3-7-13(12)15-9-11-8-14-11;1-4-2-6-3-5-1/h1-7,11H,8-9H2;1-3H. The zero-order valence-corrected chi connectivity index (χ0v) is 11.4.